The molecule has 1 heterocycles. The number of hydrogen-bond acceptors (Lipinski definition) is 3. The largest absolute Gasteiger partial charge is 0.375 e. The summed E-state index contributed by atoms with van der Waals surface area (Å²) in [6, 6.07) is 3.92. The molecule has 0 unspecified atom stereocenters. The van der Waals surface area contributed by atoms with Gasteiger partial charge < -0.3 is 10.6 Å². The van der Waals surface area contributed by atoms with Gasteiger partial charge in [0, 0.05) is 18.2 Å². The molecule has 16 heavy (non-hydrogen) atoms. The molecule has 4 heteroatoms. The maximum absolute atomic E-state index is 11.0. The minimum Gasteiger partial charge on any atom is -0.375 e. The average molecular weight is 221 g/mol. The Bertz CT molecular complexity index is 352. The summed E-state index contributed by atoms with van der Waals surface area (Å²) in [4.78, 5) is 15.4. The highest BCUT2D eigenvalue weighted by Crippen LogP contribution is 2.20. The molecule has 0 spiro atoms. The van der Waals surface area contributed by atoms with Gasteiger partial charge in [0.1, 0.15) is 0 Å². The van der Waals surface area contributed by atoms with Crippen molar-refractivity contribution in [3.63, 3.8) is 0 Å². The number of aromatic nitrogens is 1. The summed E-state index contributed by atoms with van der Waals surface area (Å²) in [5, 5.41) is 5.55. The maximum atomic E-state index is 11.0. The number of anilines is 1. The zero-order valence-electron chi connectivity index (χ0n) is 10.3. The van der Waals surface area contributed by atoms with Gasteiger partial charge in [0.25, 0.3) is 0 Å². The summed E-state index contributed by atoms with van der Waals surface area (Å²) in [5.41, 5.74) is 1.95. The van der Waals surface area contributed by atoms with E-state index in [1.54, 1.807) is 13.2 Å². The van der Waals surface area contributed by atoms with E-state index in [1.807, 2.05) is 12.1 Å². The Morgan fingerprint density at radius 3 is 2.50 bits per heavy atom. The summed E-state index contributed by atoms with van der Waals surface area (Å²) in [7, 11) is 1.62. The van der Waals surface area contributed by atoms with E-state index in [0.717, 1.165) is 11.4 Å². The average Bonchev–Trinajstić information content (AvgIpc) is 2.25. The molecule has 0 saturated heterocycles. The Balaban J connectivity index is 2.62. The summed E-state index contributed by atoms with van der Waals surface area (Å²) in [6.07, 6.45) is 1.75. The normalized spacial score (nSPS) is 11.0. The van der Waals surface area contributed by atoms with Crippen LogP contribution in [0.2, 0.25) is 0 Å². The third kappa shape index (κ3) is 3.53. The molecule has 1 amide bonds. The van der Waals surface area contributed by atoms with Crippen molar-refractivity contribution >= 4 is 11.6 Å². The monoisotopic (exact) mass is 221 g/mol. The highest BCUT2D eigenvalue weighted by atomic mass is 16.1. The van der Waals surface area contributed by atoms with Crippen LogP contribution >= 0.6 is 0 Å². The van der Waals surface area contributed by atoms with E-state index in [0.29, 0.717) is 0 Å². The molecule has 1 aromatic rings. The Morgan fingerprint density at radius 2 is 2.06 bits per heavy atom. The van der Waals surface area contributed by atoms with E-state index >= 15 is 0 Å². The van der Waals surface area contributed by atoms with Gasteiger partial charge >= 0.3 is 0 Å². The van der Waals surface area contributed by atoms with Gasteiger partial charge in [0.2, 0.25) is 5.91 Å². The molecule has 0 aromatic carbocycles. The Labute approximate surface area is 96.5 Å². The minimum absolute atomic E-state index is 0.0418. The lowest BCUT2D eigenvalue weighted by Gasteiger charge is -2.17. The van der Waals surface area contributed by atoms with Crippen LogP contribution < -0.4 is 10.6 Å². The number of carbonyl (C=O) groups excluding carboxylic acids is 1. The number of pyridine rings is 1. The molecular weight excluding hydrogens is 202 g/mol. The molecule has 0 radical (unpaired) electrons. The molecule has 1 aromatic heterocycles. The van der Waals surface area contributed by atoms with Gasteiger partial charge in [-0.3, -0.25) is 9.78 Å². The van der Waals surface area contributed by atoms with E-state index in [1.165, 1.54) is 0 Å². The van der Waals surface area contributed by atoms with Crippen molar-refractivity contribution in [1.82, 2.24) is 10.3 Å². The van der Waals surface area contributed by atoms with Crippen LogP contribution in [0.15, 0.2) is 18.3 Å². The zero-order chi connectivity index (χ0) is 12.2. The van der Waals surface area contributed by atoms with Gasteiger partial charge in [0.15, 0.2) is 0 Å². The highest BCUT2D eigenvalue weighted by Gasteiger charge is 2.14. The van der Waals surface area contributed by atoms with Crippen LogP contribution in [0.1, 0.15) is 26.5 Å². The molecule has 0 saturated carbocycles. The lowest BCUT2D eigenvalue weighted by Crippen LogP contribution is -2.26. The van der Waals surface area contributed by atoms with Crippen LogP contribution in [0.4, 0.5) is 5.69 Å². The quantitative estimate of drug-likeness (QED) is 0.814. The number of amides is 1. The lowest BCUT2D eigenvalue weighted by molar-refractivity contribution is -0.118. The highest BCUT2D eigenvalue weighted by molar-refractivity contribution is 5.80. The van der Waals surface area contributed by atoms with Crippen molar-refractivity contribution in [1.29, 1.82) is 0 Å². The van der Waals surface area contributed by atoms with Gasteiger partial charge in [0.05, 0.1) is 18.4 Å². The van der Waals surface area contributed by atoms with E-state index in [9.17, 15) is 4.79 Å². The van der Waals surface area contributed by atoms with E-state index < -0.39 is 0 Å². The smallest absolute Gasteiger partial charge is 0.239 e. The second-order valence-corrected chi connectivity index (χ2v) is 4.71. The van der Waals surface area contributed by atoms with Crippen molar-refractivity contribution in [2.75, 3.05) is 18.9 Å². The van der Waals surface area contributed by atoms with Crippen LogP contribution in [0.3, 0.4) is 0 Å². The van der Waals surface area contributed by atoms with Crippen molar-refractivity contribution in [2.24, 2.45) is 0 Å². The van der Waals surface area contributed by atoms with Crippen molar-refractivity contribution in [3.8, 4) is 0 Å². The first kappa shape index (κ1) is 12.5. The number of rotatable bonds is 3. The Kier molecular flexibility index (Phi) is 3.88. The van der Waals surface area contributed by atoms with E-state index in [-0.39, 0.29) is 17.9 Å². The Hall–Kier alpha value is -1.58. The molecule has 2 N–H and O–H groups in total. The SMILES string of the molecule is CNC(=O)CNc1ccc(C(C)(C)C)nc1. The molecule has 88 valence electrons. The van der Waals surface area contributed by atoms with E-state index in [2.05, 4.69) is 36.4 Å². The molecule has 1 rings (SSSR count). The lowest BCUT2D eigenvalue weighted by atomic mass is 9.92. The third-order valence-corrected chi connectivity index (χ3v) is 2.26. The van der Waals surface area contributed by atoms with Gasteiger partial charge in [-0.1, -0.05) is 20.8 Å². The fraction of sp³-hybridized carbons (Fsp3) is 0.500. The van der Waals surface area contributed by atoms with Gasteiger partial charge in [-0.15, -0.1) is 0 Å². The molecule has 0 bridgehead atoms. The molecule has 0 aliphatic heterocycles. The Morgan fingerprint density at radius 1 is 1.38 bits per heavy atom. The van der Waals surface area contributed by atoms with Crippen LogP contribution in [-0.2, 0) is 10.2 Å². The number of carbonyl (C=O) groups is 1. The summed E-state index contributed by atoms with van der Waals surface area (Å²) >= 11 is 0. The summed E-state index contributed by atoms with van der Waals surface area (Å²) in [5.74, 6) is -0.0418. The number of hydrogen-bond donors (Lipinski definition) is 2. The zero-order valence-corrected chi connectivity index (χ0v) is 10.3. The van der Waals surface area contributed by atoms with Gasteiger partial charge in [-0.25, -0.2) is 0 Å². The second-order valence-electron chi connectivity index (χ2n) is 4.71. The maximum Gasteiger partial charge on any atom is 0.239 e. The van der Waals surface area contributed by atoms with Crippen molar-refractivity contribution < 1.29 is 4.79 Å². The fourth-order valence-corrected chi connectivity index (χ4v) is 1.21. The first-order valence-corrected chi connectivity index (χ1v) is 5.34. The number of nitrogens with zero attached hydrogens (tertiary/aromatic N) is 1. The number of nitrogens with one attached hydrogen (secondary N) is 2. The summed E-state index contributed by atoms with van der Waals surface area (Å²) in [6.45, 7) is 6.62. The first-order chi connectivity index (χ1) is 7.43. The fourth-order valence-electron chi connectivity index (χ4n) is 1.21. The standard InChI is InChI=1S/C12H19N3O/c1-12(2,3)10-6-5-9(7-15-10)14-8-11(16)13-4/h5-7,14H,8H2,1-4H3,(H,13,16). The van der Waals surface area contributed by atoms with Gasteiger partial charge in [-0.05, 0) is 12.1 Å². The van der Waals surface area contributed by atoms with Crippen molar-refractivity contribution in [3.05, 3.63) is 24.0 Å². The predicted octanol–water partition coefficient (Wildman–Crippen LogP) is 1.54. The molecule has 0 fully saturated rings. The first-order valence-electron chi connectivity index (χ1n) is 5.34. The van der Waals surface area contributed by atoms with Crippen LogP contribution in [-0.4, -0.2) is 24.5 Å². The van der Waals surface area contributed by atoms with E-state index in [4.69, 9.17) is 0 Å². The molecular formula is C12H19N3O. The molecule has 0 aliphatic rings. The van der Waals surface area contributed by atoms with Crippen LogP contribution in [0.5, 0.6) is 0 Å². The third-order valence-electron chi connectivity index (χ3n) is 2.26. The molecule has 0 aliphatic carbocycles. The molecule has 4 nitrogen and oxygen atoms in total. The topological polar surface area (TPSA) is 54.0 Å². The number of likely N-dealkylation sites (N-methyl/N-ethyl adjacent to an activating group) is 1. The second kappa shape index (κ2) is 4.96. The van der Waals surface area contributed by atoms with Crippen molar-refractivity contribution in [2.45, 2.75) is 26.2 Å². The predicted molar refractivity (Wildman–Crippen MR) is 65.5 cm³/mol. The summed E-state index contributed by atoms with van der Waals surface area (Å²) < 4.78 is 0. The van der Waals surface area contributed by atoms with Crippen LogP contribution in [0, 0.1) is 0 Å². The van der Waals surface area contributed by atoms with Crippen LogP contribution in [0.25, 0.3) is 0 Å². The van der Waals surface area contributed by atoms with Gasteiger partial charge in [-0.2, -0.15) is 0 Å². The minimum atomic E-state index is -0.0418. The molecule has 0 atom stereocenters.